The van der Waals surface area contributed by atoms with E-state index in [-0.39, 0.29) is 11.7 Å². The molecule has 1 aliphatic rings. The molecule has 3 nitrogen and oxygen atoms in total. The van der Waals surface area contributed by atoms with Gasteiger partial charge < -0.3 is 9.75 Å². The Kier molecular flexibility index (Phi) is 4.77. The number of hydrogen-bond acceptors (Lipinski definition) is 3. The molecule has 21 heavy (non-hydrogen) atoms. The Hall–Kier alpha value is -1.69. The number of nitrogens with one attached hydrogen (secondary N) is 1. The Balaban J connectivity index is 2.15. The summed E-state index contributed by atoms with van der Waals surface area (Å²) in [5.41, 5.74) is 2.75. The number of rotatable bonds is 4. The molecule has 1 aliphatic heterocycles. The first-order valence-corrected chi connectivity index (χ1v) is 6.82. The van der Waals surface area contributed by atoms with Crippen LogP contribution >= 0.6 is 0 Å². The van der Waals surface area contributed by atoms with Crippen LogP contribution in [0.25, 0.3) is 0 Å². The summed E-state index contributed by atoms with van der Waals surface area (Å²) in [6.45, 7) is 6.08. The lowest BCUT2D eigenvalue weighted by atomic mass is 10.0. The Labute approximate surface area is 122 Å². The second-order valence-corrected chi connectivity index (χ2v) is 5.22. The van der Waals surface area contributed by atoms with Crippen molar-refractivity contribution in [1.82, 2.24) is 10.4 Å². The molecule has 1 aromatic carbocycles. The monoisotopic (exact) mass is 300 g/mol. The molecule has 0 amide bonds. The second-order valence-electron chi connectivity index (χ2n) is 5.22. The third-order valence-electron chi connectivity index (χ3n) is 3.30. The highest BCUT2D eigenvalue weighted by Crippen LogP contribution is 2.27. The number of nitrogens with zero attached hydrogens (tertiary/aromatic N) is 1. The van der Waals surface area contributed by atoms with Crippen LogP contribution in [0.2, 0.25) is 0 Å². The lowest BCUT2D eigenvalue weighted by Gasteiger charge is -2.33. The van der Waals surface area contributed by atoms with E-state index in [1.807, 2.05) is 13.8 Å². The molecule has 2 atom stereocenters. The average Bonchev–Trinajstić information content (AvgIpc) is 2.37. The smallest absolute Gasteiger partial charge is 0.266 e. The van der Waals surface area contributed by atoms with Gasteiger partial charge >= 0.3 is 0 Å². The largest absolute Gasteiger partial charge is 0.492 e. The van der Waals surface area contributed by atoms with Gasteiger partial charge in [0.1, 0.15) is 17.7 Å². The first-order valence-electron chi connectivity index (χ1n) is 6.82. The zero-order valence-corrected chi connectivity index (χ0v) is 12.2. The predicted molar refractivity (Wildman–Crippen MR) is 73.9 cm³/mol. The Bertz CT molecular complexity index is 534. The van der Waals surface area contributed by atoms with Crippen LogP contribution in [0, 0.1) is 5.82 Å². The van der Waals surface area contributed by atoms with Crippen molar-refractivity contribution in [2.45, 2.75) is 39.3 Å². The lowest BCUT2D eigenvalue weighted by molar-refractivity contribution is 0.0484. The molecule has 1 unspecified atom stereocenters. The molecular formula is C15H19F3N2O. The van der Waals surface area contributed by atoms with Crippen molar-refractivity contribution in [3.8, 4) is 0 Å². The Morgan fingerprint density at radius 2 is 2.00 bits per heavy atom. The van der Waals surface area contributed by atoms with E-state index < -0.39 is 23.8 Å². The highest BCUT2D eigenvalue weighted by Gasteiger charge is 2.22. The summed E-state index contributed by atoms with van der Waals surface area (Å²) in [4.78, 5) is 0. The number of benzene rings is 1. The van der Waals surface area contributed by atoms with Gasteiger partial charge in [0.2, 0.25) is 0 Å². The van der Waals surface area contributed by atoms with Crippen LogP contribution in [0.4, 0.5) is 13.2 Å². The normalized spacial score (nSPS) is 20.2. The number of halogens is 3. The number of ether oxygens (including phenoxy) is 1. The van der Waals surface area contributed by atoms with Gasteiger partial charge in [-0.25, -0.2) is 18.6 Å². The average molecular weight is 300 g/mol. The van der Waals surface area contributed by atoms with Crippen molar-refractivity contribution in [3.05, 3.63) is 47.1 Å². The van der Waals surface area contributed by atoms with Gasteiger partial charge in [-0.2, -0.15) is 0 Å². The molecule has 1 aromatic rings. The third kappa shape index (κ3) is 3.69. The molecule has 0 fully saturated rings. The van der Waals surface area contributed by atoms with E-state index in [1.165, 1.54) is 12.1 Å². The van der Waals surface area contributed by atoms with Gasteiger partial charge in [0.15, 0.2) is 0 Å². The molecule has 116 valence electrons. The van der Waals surface area contributed by atoms with Gasteiger partial charge in [0.05, 0.1) is 24.4 Å². The maximum atomic E-state index is 14.1. The molecule has 0 aromatic heterocycles. The van der Waals surface area contributed by atoms with E-state index in [4.69, 9.17) is 4.74 Å². The van der Waals surface area contributed by atoms with Gasteiger partial charge in [-0.1, -0.05) is 18.2 Å². The fraction of sp³-hybridized carbons (Fsp3) is 0.467. The summed E-state index contributed by atoms with van der Waals surface area (Å²) in [5.74, 6) is -0.107. The molecule has 1 heterocycles. The molecule has 0 bridgehead atoms. The molecule has 1 N–H and O–H groups in total. The van der Waals surface area contributed by atoms with Crippen molar-refractivity contribution in [2.24, 2.45) is 0 Å². The fourth-order valence-corrected chi connectivity index (χ4v) is 2.41. The third-order valence-corrected chi connectivity index (χ3v) is 3.30. The van der Waals surface area contributed by atoms with Gasteiger partial charge in [0.25, 0.3) is 6.43 Å². The van der Waals surface area contributed by atoms with Crippen LogP contribution in [0.5, 0.6) is 0 Å². The number of alkyl halides is 2. The molecule has 0 spiro atoms. The number of hydrogen-bond donors (Lipinski definition) is 1. The minimum absolute atomic E-state index is 0.00643. The molecule has 2 rings (SSSR count). The van der Waals surface area contributed by atoms with E-state index >= 15 is 0 Å². The van der Waals surface area contributed by atoms with E-state index in [0.29, 0.717) is 6.54 Å². The molecule has 6 heteroatoms. The predicted octanol–water partition coefficient (Wildman–Crippen LogP) is 3.91. The summed E-state index contributed by atoms with van der Waals surface area (Å²) in [6, 6.07) is 3.63. The maximum absolute atomic E-state index is 14.1. The van der Waals surface area contributed by atoms with Gasteiger partial charge in [-0.05, 0) is 20.8 Å². The van der Waals surface area contributed by atoms with E-state index in [9.17, 15) is 13.2 Å². The summed E-state index contributed by atoms with van der Waals surface area (Å²) >= 11 is 0. The standard InChI is InChI=1S/C15H19F3N2O/c1-9-7-20(8-10(2)21-9)19-11(3)12-5-4-6-13(14(12)16)15(17)18/h4-7,10-11,15,19H,8H2,1-3H3/t10-,11?/m1/s1. The first-order chi connectivity index (χ1) is 9.88. The zero-order valence-electron chi connectivity index (χ0n) is 12.2. The molecule has 0 radical (unpaired) electrons. The molecule has 0 saturated carbocycles. The Morgan fingerprint density at radius 1 is 1.33 bits per heavy atom. The minimum atomic E-state index is -2.82. The summed E-state index contributed by atoms with van der Waals surface area (Å²) in [7, 11) is 0. The molecule has 0 aliphatic carbocycles. The summed E-state index contributed by atoms with van der Waals surface area (Å²) in [5, 5.41) is 1.79. The van der Waals surface area contributed by atoms with Crippen molar-refractivity contribution in [2.75, 3.05) is 6.54 Å². The molecular weight excluding hydrogens is 281 g/mol. The second kappa shape index (κ2) is 6.39. The van der Waals surface area contributed by atoms with Crippen LogP contribution in [0.1, 0.15) is 44.4 Å². The maximum Gasteiger partial charge on any atom is 0.266 e. The zero-order chi connectivity index (χ0) is 15.6. The van der Waals surface area contributed by atoms with Crippen LogP contribution < -0.4 is 5.43 Å². The number of hydrazine groups is 1. The van der Waals surface area contributed by atoms with Crippen molar-refractivity contribution < 1.29 is 17.9 Å². The molecule has 0 saturated heterocycles. The summed E-state index contributed by atoms with van der Waals surface area (Å²) < 4.78 is 45.1. The summed E-state index contributed by atoms with van der Waals surface area (Å²) in [6.07, 6.45) is -1.04. The lowest BCUT2D eigenvalue weighted by Crippen LogP contribution is -2.43. The van der Waals surface area contributed by atoms with Crippen LogP contribution in [0.3, 0.4) is 0 Å². The van der Waals surface area contributed by atoms with Gasteiger partial charge in [-0.3, -0.25) is 0 Å². The van der Waals surface area contributed by atoms with Crippen molar-refractivity contribution in [1.29, 1.82) is 0 Å². The van der Waals surface area contributed by atoms with E-state index in [1.54, 1.807) is 18.1 Å². The van der Waals surface area contributed by atoms with Crippen molar-refractivity contribution >= 4 is 0 Å². The van der Waals surface area contributed by atoms with Crippen LogP contribution in [-0.2, 0) is 4.74 Å². The Morgan fingerprint density at radius 3 is 2.62 bits per heavy atom. The highest BCUT2D eigenvalue weighted by molar-refractivity contribution is 5.29. The van der Waals surface area contributed by atoms with E-state index in [0.717, 1.165) is 11.8 Å². The first kappa shape index (κ1) is 15.7. The van der Waals surface area contributed by atoms with Crippen LogP contribution in [0.15, 0.2) is 30.2 Å². The van der Waals surface area contributed by atoms with Gasteiger partial charge in [-0.15, -0.1) is 0 Å². The highest BCUT2D eigenvalue weighted by atomic mass is 19.3. The fourth-order valence-electron chi connectivity index (χ4n) is 2.41. The van der Waals surface area contributed by atoms with E-state index in [2.05, 4.69) is 5.43 Å². The van der Waals surface area contributed by atoms with Crippen molar-refractivity contribution in [3.63, 3.8) is 0 Å². The SMILES string of the molecule is CC1=CN(NC(C)c2cccc(C(F)F)c2F)C[C@@H](C)O1. The van der Waals surface area contributed by atoms with Crippen LogP contribution in [-0.4, -0.2) is 17.7 Å². The minimum Gasteiger partial charge on any atom is -0.492 e. The quantitative estimate of drug-likeness (QED) is 0.912. The van der Waals surface area contributed by atoms with Gasteiger partial charge in [0, 0.05) is 5.56 Å². The topological polar surface area (TPSA) is 24.5 Å². The number of allylic oxidation sites excluding steroid dienone is 1.